The Morgan fingerprint density at radius 1 is 1.17 bits per heavy atom. The summed E-state index contributed by atoms with van der Waals surface area (Å²) in [5.74, 6) is 0.101. The van der Waals surface area contributed by atoms with E-state index in [9.17, 15) is 4.79 Å². The summed E-state index contributed by atoms with van der Waals surface area (Å²) >= 11 is 0. The number of anilines is 1. The molecule has 1 aliphatic rings. The van der Waals surface area contributed by atoms with E-state index in [4.69, 9.17) is 0 Å². The Hall–Kier alpha value is -2.00. The van der Waals surface area contributed by atoms with Gasteiger partial charge in [-0.05, 0) is 48.6 Å². The minimum Gasteiger partial charge on any atom is -0.385 e. The van der Waals surface area contributed by atoms with Crippen LogP contribution >= 0.6 is 12.4 Å². The Morgan fingerprint density at radius 3 is 2.74 bits per heavy atom. The maximum atomic E-state index is 12.8. The highest BCUT2D eigenvalue weighted by Crippen LogP contribution is 2.26. The van der Waals surface area contributed by atoms with Crippen molar-refractivity contribution in [3.05, 3.63) is 64.7 Å². The van der Waals surface area contributed by atoms with E-state index in [1.54, 1.807) is 0 Å². The molecular formula is C19H23ClN2O. The summed E-state index contributed by atoms with van der Waals surface area (Å²) in [6, 6.07) is 14.2. The average Bonchev–Trinajstić information content (AvgIpc) is 2.55. The van der Waals surface area contributed by atoms with Gasteiger partial charge in [0, 0.05) is 31.4 Å². The number of nitrogens with zero attached hydrogens (tertiary/aromatic N) is 1. The van der Waals surface area contributed by atoms with Crippen LogP contribution in [0.4, 0.5) is 5.69 Å². The topological polar surface area (TPSA) is 32.3 Å². The summed E-state index contributed by atoms with van der Waals surface area (Å²) in [4.78, 5) is 14.6. The van der Waals surface area contributed by atoms with E-state index >= 15 is 0 Å². The lowest BCUT2D eigenvalue weighted by Crippen LogP contribution is -2.28. The van der Waals surface area contributed by atoms with Crippen molar-refractivity contribution in [1.29, 1.82) is 0 Å². The molecule has 3 rings (SSSR count). The van der Waals surface area contributed by atoms with E-state index in [1.807, 2.05) is 36.2 Å². The standard InChI is InChI=1S/C19H22N2O.ClH/c1-14-7-3-4-8-15(14)13-21(2)19(22)17-9-5-11-18-16(17)10-6-12-20-18;/h3-5,7-9,11,20H,6,10,12-13H2,1-2H3;1H. The molecule has 23 heavy (non-hydrogen) atoms. The maximum Gasteiger partial charge on any atom is 0.254 e. The van der Waals surface area contributed by atoms with Gasteiger partial charge in [-0.2, -0.15) is 0 Å². The van der Waals surface area contributed by atoms with E-state index in [2.05, 4.69) is 30.4 Å². The highest BCUT2D eigenvalue weighted by molar-refractivity contribution is 5.97. The van der Waals surface area contributed by atoms with Crippen LogP contribution in [-0.2, 0) is 13.0 Å². The van der Waals surface area contributed by atoms with Gasteiger partial charge in [0.25, 0.3) is 5.91 Å². The van der Waals surface area contributed by atoms with Crippen LogP contribution in [0.3, 0.4) is 0 Å². The zero-order chi connectivity index (χ0) is 15.5. The molecule has 0 atom stereocenters. The second-order valence-electron chi connectivity index (χ2n) is 5.95. The fraction of sp³-hybridized carbons (Fsp3) is 0.316. The number of fused-ring (bicyclic) bond motifs is 1. The van der Waals surface area contributed by atoms with Crippen molar-refractivity contribution in [2.75, 3.05) is 18.9 Å². The number of nitrogens with one attached hydrogen (secondary N) is 1. The predicted octanol–water partition coefficient (Wildman–Crippen LogP) is 4.05. The lowest BCUT2D eigenvalue weighted by atomic mass is 9.96. The smallest absolute Gasteiger partial charge is 0.254 e. The number of rotatable bonds is 3. The van der Waals surface area contributed by atoms with Gasteiger partial charge in [0.05, 0.1) is 0 Å². The minimum atomic E-state index is 0. The SMILES string of the molecule is Cc1ccccc1CN(C)C(=O)c1cccc2c1CCCN2.Cl. The highest BCUT2D eigenvalue weighted by atomic mass is 35.5. The molecule has 0 unspecified atom stereocenters. The molecular weight excluding hydrogens is 308 g/mol. The van der Waals surface area contributed by atoms with Crippen LogP contribution < -0.4 is 5.32 Å². The van der Waals surface area contributed by atoms with E-state index in [-0.39, 0.29) is 18.3 Å². The van der Waals surface area contributed by atoms with Crippen molar-refractivity contribution in [3.8, 4) is 0 Å². The molecule has 0 aliphatic carbocycles. The van der Waals surface area contributed by atoms with Crippen LogP contribution in [0, 0.1) is 6.92 Å². The number of carbonyl (C=O) groups is 1. The van der Waals surface area contributed by atoms with E-state index in [0.29, 0.717) is 6.54 Å². The third-order valence-electron chi connectivity index (χ3n) is 4.34. The zero-order valence-electron chi connectivity index (χ0n) is 13.6. The summed E-state index contributed by atoms with van der Waals surface area (Å²) in [6.07, 6.45) is 2.06. The Kier molecular flexibility index (Phi) is 5.67. The summed E-state index contributed by atoms with van der Waals surface area (Å²) in [6.45, 7) is 3.72. The lowest BCUT2D eigenvalue weighted by molar-refractivity contribution is 0.0784. The average molecular weight is 331 g/mol. The van der Waals surface area contributed by atoms with Crippen molar-refractivity contribution in [3.63, 3.8) is 0 Å². The van der Waals surface area contributed by atoms with Crippen molar-refractivity contribution in [1.82, 2.24) is 4.90 Å². The van der Waals surface area contributed by atoms with E-state index in [0.717, 1.165) is 36.2 Å². The number of hydrogen-bond acceptors (Lipinski definition) is 2. The third kappa shape index (κ3) is 3.67. The summed E-state index contributed by atoms with van der Waals surface area (Å²) < 4.78 is 0. The fourth-order valence-corrected chi connectivity index (χ4v) is 3.03. The first-order valence-corrected chi connectivity index (χ1v) is 7.82. The van der Waals surface area contributed by atoms with Gasteiger partial charge in [-0.1, -0.05) is 30.3 Å². The largest absolute Gasteiger partial charge is 0.385 e. The Morgan fingerprint density at radius 2 is 1.96 bits per heavy atom. The molecule has 0 saturated carbocycles. The van der Waals surface area contributed by atoms with Crippen LogP contribution in [0.2, 0.25) is 0 Å². The van der Waals surface area contributed by atoms with E-state index in [1.165, 1.54) is 11.1 Å². The second-order valence-corrected chi connectivity index (χ2v) is 5.95. The summed E-state index contributed by atoms with van der Waals surface area (Å²) in [5.41, 5.74) is 5.53. The Labute approximate surface area is 144 Å². The molecule has 1 heterocycles. The molecule has 2 aromatic carbocycles. The van der Waals surface area contributed by atoms with Gasteiger partial charge in [0.2, 0.25) is 0 Å². The first-order valence-electron chi connectivity index (χ1n) is 7.82. The fourth-order valence-electron chi connectivity index (χ4n) is 3.03. The second kappa shape index (κ2) is 7.51. The van der Waals surface area contributed by atoms with Crippen LogP contribution in [-0.4, -0.2) is 24.4 Å². The first kappa shape index (κ1) is 17.4. The number of hydrogen-bond donors (Lipinski definition) is 1. The molecule has 0 fully saturated rings. The lowest BCUT2D eigenvalue weighted by Gasteiger charge is -2.24. The quantitative estimate of drug-likeness (QED) is 0.921. The van der Waals surface area contributed by atoms with Gasteiger partial charge in [-0.15, -0.1) is 12.4 Å². The molecule has 4 heteroatoms. The number of amides is 1. The molecule has 1 aliphatic heterocycles. The summed E-state index contributed by atoms with van der Waals surface area (Å²) in [7, 11) is 1.88. The molecule has 1 N–H and O–H groups in total. The molecule has 122 valence electrons. The number of carbonyl (C=O) groups excluding carboxylic acids is 1. The van der Waals surface area contributed by atoms with E-state index < -0.39 is 0 Å². The third-order valence-corrected chi connectivity index (χ3v) is 4.34. The monoisotopic (exact) mass is 330 g/mol. The predicted molar refractivity (Wildman–Crippen MR) is 97.5 cm³/mol. The molecule has 0 bridgehead atoms. The zero-order valence-corrected chi connectivity index (χ0v) is 14.5. The molecule has 2 aromatic rings. The van der Waals surface area contributed by atoms with Crippen LogP contribution in [0.25, 0.3) is 0 Å². The minimum absolute atomic E-state index is 0. The molecule has 0 radical (unpaired) electrons. The highest BCUT2D eigenvalue weighted by Gasteiger charge is 2.20. The Balaban J connectivity index is 0.00000192. The van der Waals surface area contributed by atoms with Gasteiger partial charge >= 0.3 is 0 Å². The molecule has 1 amide bonds. The van der Waals surface area contributed by atoms with Gasteiger partial charge in [-0.25, -0.2) is 0 Å². The van der Waals surface area contributed by atoms with Crippen molar-refractivity contribution >= 4 is 24.0 Å². The van der Waals surface area contributed by atoms with Crippen LogP contribution in [0.15, 0.2) is 42.5 Å². The normalized spacial score (nSPS) is 12.6. The van der Waals surface area contributed by atoms with Crippen molar-refractivity contribution in [2.45, 2.75) is 26.3 Å². The number of aryl methyl sites for hydroxylation is 1. The van der Waals surface area contributed by atoms with Crippen molar-refractivity contribution < 1.29 is 4.79 Å². The van der Waals surface area contributed by atoms with Crippen LogP contribution in [0.1, 0.15) is 33.5 Å². The molecule has 0 aromatic heterocycles. The van der Waals surface area contributed by atoms with Gasteiger partial charge in [0.15, 0.2) is 0 Å². The van der Waals surface area contributed by atoms with Crippen molar-refractivity contribution in [2.24, 2.45) is 0 Å². The first-order chi connectivity index (χ1) is 10.7. The van der Waals surface area contributed by atoms with Gasteiger partial charge in [-0.3, -0.25) is 4.79 Å². The maximum absolute atomic E-state index is 12.8. The molecule has 0 spiro atoms. The van der Waals surface area contributed by atoms with Gasteiger partial charge < -0.3 is 10.2 Å². The molecule has 0 saturated heterocycles. The number of benzene rings is 2. The van der Waals surface area contributed by atoms with Gasteiger partial charge in [0.1, 0.15) is 0 Å². The number of halogens is 1. The molecule has 3 nitrogen and oxygen atoms in total. The van der Waals surface area contributed by atoms with Crippen LogP contribution in [0.5, 0.6) is 0 Å². The summed E-state index contributed by atoms with van der Waals surface area (Å²) in [5, 5.41) is 3.38. The Bertz CT molecular complexity index is 700.